The number of hydrogen-bond donors (Lipinski definition) is 3. The van der Waals surface area contributed by atoms with E-state index in [-0.39, 0.29) is 6.42 Å². The summed E-state index contributed by atoms with van der Waals surface area (Å²) in [6.45, 7) is 0.322. The summed E-state index contributed by atoms with van der Waals surface area (Å²) in [6, 6.07) is -0.887. The van der Waals surface area contributed by atoms with E-state index in [0.717, 1.165) is 5.01 Å². The Kier molecular flexibility index (Phi) is 4.19. The summed E-state index contributed by atoms with van der Waals surface area (Å²) in [5.41, 5.74) is 10.3. The van der Waals surface area contributed by atoms with Crippen molar-refractivity contribution in [2.75, 3.05) is 0 Å². The topological polar surface area (TPSA) is 111 Å². The lowest BCUT2D eigenvalue weighted by molar-refractivity contribution is -0.126. The molecule has 0 saturated carbocycles. The molecule has 1 atom stereocenters. The van der Waals surface area contributed by atoms with Gasteiger partial charge in [-0.05, 0) is 0 Å². The highest BCUT2D eigenvalue weighted by atomic mass is 32.1. The Morgan fingerprint density at radius 2 is 2.33 bits per heavy atom. The lowest BCUT2D eigenvalue weighted by atomic mass is 10.2. The number of rotatable bonds is 5. The second-order valence-corrected chi connectivity index (χ2v) is 3.90. The van der Waals surface area contributed by atoms with Crippen LogP contribution in [0.1, 0.15) is 11.4 Å². The zero-order chi connectivity index (χ0) is 11.3. The van der Waals surface area contributed by atoms with Crippen molar-refractivity contribution < 1.29 is 9.59 Å². The molecule has 0 fully saturated rings. The average molecular weight is 228 g/mol. The first-order chi connectivity index (χ1) is 7.09. The highest BCUT2D eigenvalue weighted by Gasteiger charge is 2.15. The summed E-state index contributed by atoms with van der Waals surface area (Å²) in [7, 11) is 0. The molecule has 15 heavy (non-hydrogen) atoms. The number of primary amides is 1. The number of carbonyl (C=O) groups excluding carboxylic acids is 2. The van der Waals surface area contributed by atoms with Crippen LogP contribution in [0.25, 0.3) is 0 Å². The highest BCUT2D eigenvalue weighted by Crippen LogP contribution is 2.02. The third-order valence-corrected chi connectivity index (χ3v) is 2.43. The average Bonchev–Trinajstić information content (AvgIpc) is 2.65. The first-order valence-corrected chi connectivity index (χ1v) is 5.17. The molecule has 0 radical (unpaired) electrons. The molecule has 6 nitrogen and oxygen atoms in total. The van der Waals surface area contributed by atoms with Crippen LogP contribution in [0.3, 0.4) is 0 Å². The van der Waals surface area contributed by atoms with Crippen LogP contribution in [0.5, 0.6) is 0 Å². The predicted octanol–water partition coefficient (Wildman–Crippen LogP) is -1.04. The number of nitrogens with two attached hydrogens (primary N) is 2. The van der Waals surface area contributed by atoms with E-state index in [1.807, 2.05) is 5.38 Å². The number of carbonyl (C=O) groups is 2. The normalized spacial score (nSPS) is 12.1. The van der Waals surface area contributed by atoms with Gasteiger partial charge in [0.15, 0.2) is 0 Å². The zero-order valence-electron chi connectivity index (χ0n) is 7.97. The molecule has 0 spiro atoms. The maximum atomic E-state index is 11.3. The molecule has 0 aromatic carbocycles. The van der Waals surface area contributed by atoms with Gasteiger partial charge in [-0.2, -0.15) is 0 Å². The van der Waals surface area contributed by atoms with Crippen molar-refractivity contribution in [3.63, 3.8) is 0 Å². The minimum Gasteiger partial charge on any atom is -0.370 e. The summed E-state index contributed by atoms with van der Waals surface area (Å²) in [4.78, 5) is 25.8. The molecular formula is C8H12N4O2S. The van der Waals surface area contributed by atoms with Gasteiger partial charge in [0.05, 0.1) is 19.0 Å². The van der Waals surface area contributed by atoms with E-state index in [1.165, 1.54) is 11.3 Å². The van der Waals surface area contributed by atoms with Crippen molar-refractivity contribution >= 4 is 23.2 Å². The molecule has 1 heterocycles. The van der Waals surface area contributed by atoms with Crippen molar-refractivity contribution in [2.45, 2.75) is 19.0 Å². The standard InChI is InChI=1S/C8H12N4O2S/c9-5(3-6(10)13)8(14)12-4-7-11-1-2-15-7/h1-2,5H,3-4,9H2,(H2,10,13)(H,12,14). The first kappa shape index (κ1) is 11.6. The molecule has 0 saturated heterocycles. The molecule has 0 bridgehead atoms. The highest BCUT2D eigenvalue weighted by molar-refractivity contribution is 7.09. The Morgan fingerprint density at radius 3 is 2.87 bits per heavy atom. The van der Waals surface area contributed by atoms with Gasteiger partial charge in [0.1, 0.15) is 5.01 Å². The van der Waals surface area contributed by atoms with Gasteiger partial charge in [-0.15, -0.1) is 11.3 Å². The molecule has 0 aliphatic carbocycles. The van der Waals surface area contributed by atoms with Crippen molar-refractivity contribution in [1.29, 1.82) is 0 Å². The van der Waals surface area contributed by atoms with Crippen molar-refractivity contribution in [1.82, 2.24) is 10.3 Å². The van der Waals surface area contributed by atoms with E-state index in [0.29, 0.717) is 6.54 Å². The van der Waals surface area contributed by atoms with E-state index in [4.69, 9.17) is 11.5 Å². The van der Waals surface area contributed by atoms with Crippen LogP contribution >= 0.6 is 11.3 Å². The third-order valence-electron chi connectivity index (χ3n) is 1.66. The molecule has 0 aliphatic heterocycles. The largest absolute Gasteiger partial charge is 0.370 e. The third kappa shape index (κ3) is 4.05. The van der Waals surface area contributed by atoms with Gasteiger partial charge in [-0.1, -0.05) is 0 Å². The molecule has 82 valence electrons. The Morgan fingerprint density at radius 1 is 1.60 bits per heavy atom. The van der Waals surface area contributed by atoms with Crippen LogP contribution in [-0.2, 0) is 16.1 Å². The Hall–Kier alpha value is -1.47. The fraction of sp³-hybridized carbons (Fsp3) is 0.375. The van der Waals surface area contributed by atoms with Gasteiger partial charge in [0, 0.05) is 11.6 Å². The van der Waals surface area contributed by atoms with Crippen LogP contribution in [0, 0.1) is 0 Å². The second kappa shape index (κ2) is 5.42. The number of aromatic nitrogens is 1. The van der Waals surface area contributed by atoms with Gasteiger partial charge < -0.3 is 16.8 Å². The first-order valence-electron chi connectivity index (χ1n) is 4.29. The Labute approximate surface area is 90.7 Å². The molecule has 1 unspecified atom stereocenters. The molecule has 7 heteroatoms. The number of nitrogens with zero attached hydrogens (tertiary/aromatic N) is 1. The lowest BCUT2D eigenvalue weighted by Gasteiger charge is -2.08. The van der Waals surface area contributed by atoms with Crippen molar-refractivity contribution in [2.24, 2.45) is 11.5 Å². The fourth-order valence-corrected chi connectivity index (χ4v) is 1.50. The van der Waals surface area contributed by atoms with Crippen LogP contribution in [0.2, 0.25) is 0 Å². The predicted molar refractivity (Wildman–Crippen MR) is 55.7 cm³/mol. The van der Waals surface area contributed by atoms with E-state index in [9.17, 15) is 9.59 Å². The van der Waals surface area contributed by atoms with Crippen LogP contribution in [0.4, 0.5) is 0 Å². The summed E-state index contributed by atoms with van der Waals surface area (Å²) in [5.74, 6) is -0.990. The molecule has 1 rings (SSSR count). The molecule has 0 aliphatic rings. The molecule has 2 amide bonds. The van der Waals surface area contributed by atoms with Gasteiger partial charge >= 0.3 is 0 Å². The molecule has 1 aromatic rings. The second-order valence-electron chi connectivity index (χ2n) is 2.92. The van der Waals surface area contributed by atoms with Crippen LogP contribution in [0.15, 0.2) is 11.6 Å². The molecule has 1 aromatic heterocycles. The molecule has 5 N–H and O–H groups in total. The smallest absolute Gasteiger partial charge is 0.237 e. The van der Waals surface area contributed by atoms with E-state index >= 15 is 0 Å². The van der Waals surface area contributed by atoms with Crippen molar-refractivity contribution in [3.8, 4) is 0 Å². The monoisotopic (exact) mass is 228 g/mol. The van der Waals surface area contributed by atoms with E-state index in [1.54, 1.807) is 6.20 Å². The molecular weight excluding hydrogens is 216 g/mol. The lowest BCUT2D eigenvalue weighted by Crippen LogP contribution is -2.42. The van der Waals surface area contributed by atoms with Crippen molar-refractivity contribution in [3.05, 3.63) is 16.6 Å². The maximum absolute atomic E-state index is 11.3. The van der Waals surface area contributed by atoms with Crippen LogP contribution in [-0.4, -0.2) is 22.8 Å². The number of nitrogens with one attached hydrogen (secondary N) is 1. The number of thiazole rings is 1. The van der Waals surface area contributed by atoms with E-state index in [2.05, 4.69) is 10.3 Å². The van der Waals surface area contributed by atoms with Crippen LogP contribution < -0.4 is 16.8 Å². The van der Waals surface area contributed by atoms with E-state index < -0.39 is 17.9 Å². The van der Waals surface area contributed by atoms with Gasteiger partial charge in [-0.25, -0.2) is 4.98 Å². The summed E-state index contributed by atoms with van der Waals surface area (Å²) < 4.78 is 0. The summed E-state index contributed by atoms with van der Waals surface area (Å²) in [6.07, 6.45) is 1.50. The Balaban J connectivity index is 2.32. The number of amides is 2. The summed E-state index contributed by atoms with van der Waals surface area (Å²) >= 11 is 1.43. The maximum Gasteiger partial charge on any atom is 0.237 e. The Bertz CT molecular complexity index is 338. The number of hydrogen-bond acceptors (Lipinski definition) is 5. The minimum absolute atomic E-state index is 0.149. The van der Waals surface area contributed by atoms with Gasteiger partial charge in [0.25, 0.3) is 0 Å². The fourth-order valence-electron chi connectivity index (χ4n) is 0.944. The van der Waals surface area contributed by atoms with Gasteiger partial charge in [0.2, 0.25) is 11.8 Å². The quantitative estimate of drug-likeness (QED) is 0.597. The zero-order valence-corrected chi connectivity index (χ0v) is 8.79. The minimum atomic E-state index is -0.887. The van der Waals surface area contributed by atoms with Gasteiger partial charge in [-0.3, -0.25) is 9.59 Å². The SMILES string of the molecule is NC(=O)CC(N)C(=O)NCc1nccs1. The summed E-state index contributed by atoms with van der Waals surface area (Å²) in [5, 5.41) is 5.16.